The number of aliphatic hydroxyl groups excluding tert-OH is 1. The molecule has 0 rings (SSSR count). The van der Waals surface area contributed by atoms with E-state index >= 15 is 0 Å². The van der Waals surface area contributed by atoms with Crippen molar-refractivity contribution in [3.63, 3.8) is 0 Å². The molecule has 0 heterocycles. The van der Waals surface area contributed by atoms with Gasteiger partial charge in [-0.3, -0.25) is 4.79 Å². The standard InChI is InChI=1S/C4H4O7/c5-1-3(7)10-11-4(8)9-2-6/h2,5H,1H2. The zero-order valence-electron chi connectivity index (χ0n) is 5.18. The van der Waals surface area contributed by atoms with Crippen LogP contribution in [0.25, 0.3) is 0 Å². The van der Waals surface area contributed by atoms with Crippen molar-refractivity contribution in [2.24, 2.45) is 0 Å². The predicted molar refractivity (Wildman–Crippen MR) is 26.8 cm³/mol. The summed E-state index contributed by atoms with van der Waals surface area (Å²) >= 11 is 0. The summed E-state index contributed by atoms with van der Waals surface area (Å²) in [4.78, 5) is 36.6. The molecule has 0 saturated heterocycles. The Morgan fingerprint density at radius 2 is 2.00 bits per heavy atom. The highest BCUT2D eigenvalue weighted by molar-refractivity contribution is 5.72. The summed E-state index contributed by atoms with van der Waals surface area (Å²) in [5.74, 6) is -1.17. The second kappa shape index (κ2) is 5.18. The first kappa shape index (κ1) is 9.37. The fourth-order valence-electron chi connectivity index (χ4n) is 0.166. The van der Waals surface area contributed by atoms with Gasteiger partial charge in [0, 0.05) is 0 Å². The molecule has 7 nitrogen and oxygen atoms in total. The minimum Gasteiger partial charge on any atom is -0.384 e. The smallest absolute Gasteiger partial charge is 0.384 e. The number of carbonyl (C=O) groups excluding carboxylic acids is 3. The maximum atomic E-state index is 10.0. The van der Waals surface area contributed by atoms with Crippen LogP contribution in [0, 0.1) is 0 Å². The van der Waals surface area contributed by atoms with Gasteiger partial charge in [0.1, 0.15) is 6.61 Å². The van der Waals surface area contributed by atoms with Crippen molar-refractivity contribution in [1.82, 2.24) is 0 Å². The Morgan fingerprint density at radius 1 is 1.36 bits per heavy atom. The van der Waals surface area contributed by atoms with Crippen molar-refractivity contribution in [3.8, 4) is 0 Å². The Kier molecular flexibility index (Phi) is 4.41. The van der Waals surface area contributed by atoms with Gasteiger partial charge in [-0.05, 0) is 0 Å². The average molecular weight is 164 g/mol. The zero-order chi connectivity index (χ0) is 8.69. The quantitative estimate of drug-likeness (QED) is 0.179. The fraction of sp³-hybridized carbons (Fsp3) is 0.250. The molecule has 0 aromatic heterocycles. The van der Waals surface area contributed by atoms with Crippen LogP contribution in [0.3, 0.4) is 0 Å². The van der Waals surface area contributed by atoms with Crippen molar-refractivity contribution in [2.45, 2.75) is 0 Å². The predicted octanol–water partition coefficient (Wildman–Crippen LogP) is -1.25. The van der Waals surface area contributed by atoms with Gasteiger partial charge in [0.05, 0.1) is 0 Å². The van der Waals surface area contributed by atoms with E-state index in [4.69, 9.17) is 5.11 Å². The summed E-state index contributed by atoms with van der Waals surface area (Å²) in [7, 11) is 0. The fourth-order valence-corrected chi connectivity index (χ4v) is 0.166. The Hall–Kier alpha value is -1.63. The van der Waals surface area contributed by atoms with E-state index in [2.05, 4.69) is 14.5 Å². The zero-order valence-corrected chi connectivity index (χ0v) is 5.18. The molecule has 62 valence electrons. The van der Waals surface area contributed by atoms with E-state index in [1.54, 1.807) is 0 Å². The van der Waals surface area contributed by atoms with Crippen molar-refractivity contribution >= 4 is 18.6 Å². The summed E-state index contributed by atoms with van der Waals surface area (Å²) < 4.78 is 3.54. The number of ether oxygens (including phenoxy) is 1. The van der Waals surface area contributed by atoms with Crippen LogP contribution in [-0.4, -0.2) is 30.3 Å². The van der Waals surface area contributed by atoms with E-state index in [0.29, 0.717) is 0 Å². The lowest BCUT2D eigenvalue weighted by Gasteiger charge is -1.96. The van der Waals surface area contributed by atoms with Crippen molar-refractivity contribution in [3.05, 3.63) is 0 Å². The van der Waals surface area contributed by atoms with E-state index in [1.165, 1.54) is 0 Å². The first-order valence-electron chi connectivity index (χ1n) is 2.33. The Bertz CT molecular complexity index is 162. The van der Waals surface area contributed by atoms with Crippen molar-refractivity contribution in [1.29, 1.82) is 0 Å². The molecule has 0 unspecified atom stereocenters. The normalized spacial score (nSPS) is 8.09. The lowest BCUT2D eigenvalue weighted by Crippen LogP contribution is -2.14. The molecule has 0 aliphatic rings. The first-order valence-corrected chi connectivity index (χ1v) is 2.33. The molecule has 1 N–H and O–H groups in total. The van der Waals surface area contributed by atoms with E-state index in [9.17, 15) is 14.4 Å². The van der Waals surface area contributed by atoms with E-state index in [0.717, 1.165) is 0 Å². The molecule has 0 spiro atoms. The third-order valence-electron chi connectivity index (χ3n) is 0.476. The topological polar surface area (TPSA) is 99.1 Å². The second-order valence-corrected chi connectivity index (χ2v) is 1.16. The number of aliphatic hydroxyl groups is 1. The molecule has 7 heteroatoms. The molecule has 0 aromatic carbocycles. The molecule has 0 aliphatic carbocycles. The Labute approximate surface area is 60.4 Å². The third-order valence-corrected chi connectivity index (χ3v) is 0.476. The SMILES string of the molecule is O=COC(=O)OOC(=O)CO. The maximum absolute atomic E-state index is 10.0. The van der Waals surface area contributed by atoms with Gasteiger partial charge in [0.15, 0.2) is 0 Å². The van der Waals surface area contributed by atoms with Gasteiger partial charge in [-0.1, -0.05) is 0 Å². The molecule has 0 bridgehead atoms. The summed E-state index contributed by atoms with van der Waals surface area (Å²) in [5.41, 5.74) is 0. The highest BCUT2D eigenvalue weighted by Gasteiger charge is 2.08. The summed E-state index contributed by atoms with van der Waals surface area (Å²) in [6.07, 6.45) is -1.48. The van der Waals surface area contributed by atoms with Crippen molar-refractivity contribution < 1.29 is 34.0 Å². The summed E-state index contributed by atoms with van der Waals surface area (Å²) in [5, 5.41) is 8.00. The third kappa shape index (κ3) is 4.85. The highest BCUT2D eigenvalue weighted by atomic mass is 17.2. The summed E-state index contributed by atoms with van der Waals surface area (Å²) in [6, 6.07) is 0. The van der Waals surface area contributed by atoms with Crippen LogP contribution < -0.4 is 0 Å². The minimum atomic E-state index is -1.48. The average Bonchev–Trinajstić information content (AvgIpc) is 2.01. The molecule has 0 aromatic rings. The van der Waals surface area contributed by atoms with Crippen LogP contribution in [0.1, 0.15) is 0 Å². The van der Waals surface area contributed by atoms with Gasteiger partial charge >= 0.3 is 18.6 Å². The number of hydrogen-bond acceptors (Lipinski definition) is 7. The first-order chi connectivity index (χ1) is 5.20. The van der Waals surface area contributed by atoms with Gasteiger partial charge < -0.3 is 9.84 Å². The molecular formula is C4H4O7. The molecule has 0 aliphatic heterocycles. The van der Waals surface area contributed by atoms with Gasteiger partial charge in [-0.2, -0.15) is 4.79 Å². The van der Waals surface area contributed by atoms with Crippen molar-refractivity contribution in [2.75, 3.05) is 6.61 Å². The number of carbonyl (C=O) groups is 3. The van der Waals surface area contributed by atoms with Crippen LogP contribution in [0.2, 0.25) is 0 Å². The molecule has 0 atom stereocenters. The molecule has 11 heavy (non-hydrogen) atoms. The lowest BCUT2D eigenvalue weighted by atomic mass is 10.8. The van der Waals surface area contributed by atoms with E-state index < -0.39 is 18.7 Å². The van der Waals surface area contributed by atoms with Crippen LogP contribution in [0.5, 0.6) is 0 Å². The monoisotopic (exact) mass is 164 g/mol. The second-order valence-electron chi connectivity index (χ2n) is 1.16. The van der Waals surface area contributed by atoms with Gasteiger partial charge in [-0.25, -0.2) is 14.6 Å². The van der Waals surface area contributed by atoms with Gasteiger partial charge in [-0.15, -0.1) is 0 Å². The highest BCUT2D eigenvalue weighted by Crippen LogP contribution is 1.84. The van der Waals surface area contributed by atoms with E-state index in [-0.39, 0.29) is 6.47 Å². The number of rotatable bonds is 2. The van der Waals surface area contributed by atoms with Gasteiger partial charge in [0.25, 0.3) is 0 Å². The lowest BCUT2D eigenvalue weighted by molar-refractivity contribution is -0.244. The largest absolute Gasteiger partial charge is 0.557 e. The van der Waals surface area contributed by atoms with E-state index in [1.807, 2.05) is 0 Å². The molecule has 0 fully saturated rings. The molecular weight excluding hydrogens is 160 g/mol. The van der Waals surface area contributed by atoms with Crippen LogP contribution in [0.4, 0.5) is 4.79 Å². The molecule has 0 amide bonds. The maximum Gasteiger partial charge on any atom is 0.557 e. The molecule has 0 radical (unpaired) electrons. The number of hydrogen-bond donors (Lipinski definition) is 1. The Balaban J connectivity index is 3.45. The Morgan fingerprint density at radius 3 is 2.45 bits per heavy atom. The van der Waals surface area contributed by atoms with Crippen LogP contribution >= 0.6 is 0 Å². The molecule has 0 saturated carbocycles. The summed E-state index contributed by atoms with van der Waals surface area (Å²) in [6.45, 7) is -1.14. The van der Waals surface area contributed by atoms with Gasteiger partial charge in [0.2, 0.25) is 0 Å². The van der Waals surface area contributed by atoms with Crippen LogP contribution in [0.15, 0.2) is 0 Å². The van der Waals surface area contributed by atoms with Crippen LogP contribution in [-0.2, 0) is 24.1 Å². The minimum absolute atomic E-state index is 0.199.